The molecule has 2 aromatic rings. The number of carboxylic acid groups (broad SMARTS) is 1. The summed E-state index contributed by atoms with van der Waals surface area (Å²) in [5.74, 6) is 2.74. The third-order valence-corrected chi connectivity index (χ3v) is 5.80. The molecule has 0 spiro atoms. The highest BCUT2D eigenvalue weighted by molar-refractivity contribution is 6.17. The van der Waals surface area contributed by atoms with E-state index >= 15 is 0 Å². The van der Waals surface area contributed by atoms with Crippen molar-refractivity contribution in [1.29, 1.82) is 0 Å². The molecule has 2 aliphatic rings. The number of halogens is 1. The van der Waals surface area contributed by atoms with Crippen LogP contribution in [0.15, 0.2) is 24.3 Å². The predicted octanol–water partition coefficient (Wildman–Crippen LogP) is 3.99. The zero-order valence-corrected chi connectivity index (χ0v) is 17.0. The minimum atomic E-state index is -0.953. The van der Waals surface area contributed by atoms with Crippen molar-refractivity contribution in [2.45, 2.75) is 24.8 Å². The smallest absolute Gasteiger partial charge is 0.407 e. The maximum atomic E-state index is 12.0. The molecule has 0 aromatic heterocycles. The molecule has 2 aliphatic heterocycles. The molecule has 1 N–H and O–H groups in total. The maximum Gasteiger partial charge on any atom is 0.407 e. The fourth-order valence-electron chi connectivity index (χ4n) is 4.12. The van der Waals surface area contributed by atoms with Crippen LogP contribution in [0.1, 0.15) is 28.3 Å². The van der Waals surface area contributed by atoms with E-state index in [4.69, 9.17) is 30.5 Å². The fraction of sp³-hybridized carbons (Fsp3) is 0.381. The molecule has 0 aliphatic carbocycles. The molecular formula is C21H22ClNO6. The minimum absolute atomic E-state index is 0.178. The second-order valence-corrected chi connectivity index (χ2v) is 7.19. The first kappa shape index (κ1) is 19.5. The van der Waals surface area contributed by atoms with E-state index in [2.05, 4.69) is 0 Å². The number of alkyl halides is 1. The average molecular weight is 420 g/mol. The quantitative estimate of drug-likeness (QED) is 0.738. The molecule has 4 rings (SSSR count). The molecule has 2 heterocycles. The zero-order valence-electron chi connectivity index (χ0n) is 16.2. The Morgan fingerprint density at radius 2 is 2.00 bits per heavy atom. The van der Waals surface area contributed by atoms with Crippen molar-refractivity contribution < 1.29 is 28.8 Å². The van der Waals surface area contributed by atoms with Gasteiger partial charge >= 0.3 is 6.09 Å². The molecule has 7 nitrogen and oxygen atoms in total. The second-order valence-electron chi connectivity index (χ2n) is 6.92. The van der Waals surface area contributed by atoms with Crippen LogP contribution in [0.2, 0.25) is 0 Å². The molecule has 2 aromatic carbocycles. The molecule has 0 radical (unpaired) electrons. The highest BCUT2D eigenvalue weighted by atomic mass is 35.5. The van der Waals surface area contributed by atoms with E-state index in [0.29, 0.717) is 42.4 Å². The van der Waals surface area contributed by atoms with E-state index in [1.165, 1.54) is 4.90 Å². The lowest BCUT2D eigenvalue weighted by Crippen LogP contribution is -2.40. The summed E-state index contributed by atoms with van der Waals surface area (Å²) < 4.78 is 21.9. The van der Waals surface area contributed by atoms with Crippen LogP contribution in [0.5, 0.6) is 23.0 Å². The number of amides is 1. The normalized spacial score (nSPS) is 17.1. The zero-order chi connectivity index (χ0) is 20.5. The first-order valence-electron chi connectivity index (χ1n) is 9.28. The Hall–Kier alpha value is -2.80. The van der Waals surface area contributed by atoms with Crippen molar-refractivity contribution in [3.8, 4) is 23.0 Å². The predicted molar refractivity (Wildman–Crippen MR) is 107 cm³/mol. The van der Waals surface area contributed by atoms with Crippen molar-refractivity contribution in [2.24, 2.45) is 0 Å². The monoisotopic (exact) mass is 419 g/mol. The maximum absolute atomic E-state index is 12.0. The number of hydrogen-bond acceptors (Lipinski definition) is 5. The largest absolute Gasteiger partial charge is 0.493 e. The molecule has 0 bridgehead atoms. The van der Waals surface area contributed by atoms with E-state index in [1.807, 2.05) is 24.3 Å². The number of methoxy groups -OCH3 is 2. The van der Waals surface area contributed by atoms with Gasteiger partial charge < -0.3 is 29.0 Å². The van der Waals surface area contributed by atoms with Gasteiger partial charge in [0, 0.05) is 12.1 Å². The van der Waals surface area contributed by atoms with Crippen LogP contribution in [-0.4, -0.2) is 43.7 Å². The first-order chi connectivity index (χ1) is 14.1. The Morgan fingerprint density at radius 3 is 2.66 bits per heavy atom. The number of carbonyl (C=O) groups is 1. The van der Waals surface area contributed by atoms with Crippen molar-refractivity contribution in [3.63, 3.8) is 0 Å². The summed E-state index contributed by atoms with van der Waals surface area (Å²) >= 11 is 6.24. The lowest BCUT2D eigenvalue weighted by Gasteiger charge is -2.36. The number of rotatable bonds is 5. The Labute approximate surface area is 173 Å². The summed E-state index contributed by atoms with van der Waals surface area (Å²) in [6, 6.07) is 7.23. The standard InChI is InChI=1S/C21H22ClNO6/c1-26-17-4-3-12(15(10-22)20(17)27-2)7-16-14-9-19-18(28-11-29-19)8-13(14)5-6-23(16)21(24)25/h3-4,8-9,16H,5-7,10-11H2,1-2H3,(H,24,25). The van der Waals surface area contributed by atoms with E-state index in [-0.39, 0.29) is 18.7 Å². The third-order valence-electron chi connectivity index (χ3n) is 5.53. The van der Waals surface area contributed by atoms with Gasteiger partial charge in [-0.25, -0.2) is 4.79 Å². The SMILES string of the molecule is COc1ccc(CC2c3cc4c(cc3CCN2C(=O)O)OCO4)c(CCl)c1OC. The van der Waals surface area contributed by atoms with Crippen LogP contribution in [0.3, 0.4) is 0 Å². The van der Waals surface area contributed by atoms with Crippen molar-refractivity contribution in [2.75, 3.05) is 27.6 Å². The summed E-state index contributed by atoms with van der Waals surface area (Å²) in [5.41, 5.74) is 3.72. The van der Waals surface area contributed by atoms with Gasteiger partial charge in [0.15, 0.2) is 23.0 Å². The third kappa shape index (κ3) is 3.40. The van der Waals surface area contributed by atoms with Gasteiger partial charge in [-0.05, 0) is 47.7 Å². The number of benzene rings is 2. The average Bonchev–Trinajstić information content (AvgIpc) is 3.19. The summed E-state index contributed by atoms with van der Waals surface area (Å²) in [5, 5.41) is 9.81. The molecule has 0 fully saturated rings. The topological polar surface area (TPSA) is 77.5 Å². The Balaban J connectivity index is 1.78. The van der Waals surface area contributed by atoms with E-state index in [9.17, 15) is 9.90 Å². The molecule has 1 amide bonds. The molecule has 8 heteroatoms. The fourth-order valence-corrected chi connectivity index (χ4v) is 4.41. The van der Waals surface area contributed by atoms with Gasteiger partial charge in [0.2, 0.25) is 6.79 Å². The van der Waals surface area contributed by atoms with Gasteiger partial charge in [-0.1, -0.05) is 6.07 Å². The van der Waals surface area contributed by atoms with Crippen LogP contribution in [0, 0.1) is 0 Å². The van der Waals surface area contributed by atoms with Gasteiger partial charge in [0.25, 0.3) is 0 Å². The van der Waals surface area contributed by atoms with Gasteiger partial charge in [-0.2, -0.15) is 0 Å². The van der Waals surface area contributed by atoms with Crippen molar-refractivity contribution >= 4 is 17.7 Å². The Morgan fingerprint density at radius 1 is 1.24 bits per heavy atom. The van der Waals surface area contributed by atoms with Gasteiger partial charge in [-0.3, -0.25) is 0 Å². The minimum Gasteiger partial charge on any atom is -0.493 e. The van der Waals surface area contributed by atoms with E-state index in [1.54, 1.807) is 14.2 Å². The Bertz CT molecular complexity index is 947. The molecular weight excluding hydrogens is 398 g/mol. The van der Waals surface area contributed by atoms with Crippen LogP contribution in [0.4, 0.5) is 4.79 Å². The summed E-state index contributed by atoms with van der Waals surface area (Å²) in [6.45, 7) is 0.591. The lowest BCUT2D eigenvalue weighted by molar-refractivity contribution is 0.119. The number of fused-ring (bicyclic) bond motifs is 2. The number of ether oxygens (including phenoxy) is 4. The molecule has 0 saturated carbocycles. The molecule has 0 saturated heterocycles. The molecule has 154 valence electrons. The first-order valence-corrected chi connectivity index (χ1v) is 9.81. The van der Waals surface area contributed by atoms with Crippen LogP contribution < -0.4 is 18.9 Å². The lowest BCUT2D eigenvalue weighted by atomic mass is 9.87. The molecule has 1 atom stereocenters. The van der Waals surface area contributed by atoms with Crippen molar-refractivity contribution in [3.05, 3.63) is 46.5 Å². The van der Waals surface area contributed by atoms with Crippen LogP contribution >= 0.6 is 11.6 Å². The summed E-state index contributed by atoms with van der Waals surface area (Å²) in [4.78, 5) is 13.4. The van der Waals surface area contributed by atoms with Gasteiger partial charge in [0.05, 0.1) is 26.1 Å². The highest BCUT2D eigenvalue weighted by Crippen LogP contribution is 2.43. The Kier molecular flexibility index (Phi) is 5.32. The number of nitrogens with zero attached hydrogens (tertiary/aromatic N) is 1. The molecule has 29 heavy (non-hydrogen) atoms. The summed E-state index contributed by atoms with van der Waals surface area (Å²) in [6.07, 6.45) is 0.135. The molecule has 1 unspecified atom stereocenters. The van der Waals surface area contributed by atoms with E-state index < -0.39 is 6.09 Å². The van der Waals surface area contributed by atoms with Gasteiger partial charge in [0.1, 0.15) is 0 Å². The highest BCUT2D eigenvalue weighted by Gasteiger charge is 2.34. The van der Waals surface area contributed by atoms with Gasteiger partial charge in [-0.15, -0.1) is 11.6 Å². The number of hydrogen-bond donors (Lipinski definition) is 1. The van der Waals surface area contributed by atoms with E-state index in [0.717, 1.165) is 22.3 Å². The van der Waals surface area contributed by atoms with Crippen LogP contribution in [0.25, 0.3) is 0 Å². The second kappa shape index (κ2) is 7.91. The van der Waals surface area contributed by atoms with Crippen molar-refractivity contribution in [1.82, 2.24) is 4.90 Å². The van der Waals surface area contributed by atoms with Crippen LogP contribution in [-0.2, 0) is 18.7 Å². The summed E-state index contributed by atoms with van der Waals surface area (Å²) in [7, 11) is 3.14.